The van der Waals surface area contributed by atoms with Crippen molar-refractivity contribution in [2.45, 2.75) is 95.4 Å². The smallest absolute Gasteiger partial charge is 0.308 e. The van der Waals surface area contributed by atoms with Crippen molar-refractivity contribution in [1.82, 2.24) is 10.6 Å². The van der Waals surface area contributed by atoms with Gasteiger partial charge in [-0.3, -0.25) is 9.59 Å². The second-order valence-corrected chi connectivity index (χ2v) is 4.65. The average Bonchev–Trinajstić information content (AvgIpc) is 2.79. The normalized spacial score (nSPS) is 8.86. The summed E-state index contributed by atoms with van der Waals surface area (Å²) < 4.78 is 9.76. The molecular weight excluding hydrogens is 368 g/mol. The maximum absolute atomic E-state index is 11.0. The van der Waals surface area contributed by atoms with Crippen molar-refractivity contribution in [1.29, 1.82) is 0 Å². The molecule has 0 aliphatic heterocycles. The van der Waals surface area contributed by atoms with Gasteiger partial charge < -0.3 is 20.1 Å². The molecule has 0 saturated carbocycles. The van der Waals surface area contributed by atoms with E-state index in [2.05, 4.69) is 10.6 Å². The number of nitrogens with one attached hydrogen (secondary N) is 2. The average molecular weight is 425 g/mol. The standard InChI is InChI=1S/C8H17NO2.C7H15NO2.4C2H6/c1-4-7(2)8(10)11-6-5-9-3;1-3-4-7(9)10-6-5-8-2;4*1-2/h7,9H,4-6H2,1-3H3;8H,3-6H2,1-2H3;4*1-2H3. The predicted octanol–water partition coefficient (Wildman–Crippen LogP) is 5.45. The second kappa shape index (κ2) is 50.5. The van der Waals surface area contributed by atoms with E-state index in [0.717, 1.165) is 25.9 Å². The fourth-order valence-corrected chi connectivity index (χ4v) is 1.11. The molecule has 0 aromatic carbocycles. The Bertz CT molecular complexity index is 263. The van der Waals surface area contributed by atoms with E-state index in [1.54, 1.807) is 0 Å². The van der Waals surface area contributed by atoms with Gasteiger partial charge in [-0.05, 0) is 26.9 Å². The highest BCUT2D eigenvalue weighted by atomic mass is 16.5. The largest absolute Gasteiger partial charge is 0.464 e. The topological polar surface area (TPSA) is 76.7 Å². The Hall–Kier alpha value is -1.14. The zero-order chi connectivity index (χ0) is 24.5. The number of rotatable bonds is 10. The molecule has 0 aliphatic rings. The maximum atomic E-state index is 11.0. The summed E-state index contributed by atoms with van der Waals surface area (Å²) in [6.07, 6.45) is 2.24. The lowest BCUT2D eigenvalue weighted by Crippen LogP contribution is -2.20. The van der Waals surface area contributed by atoms with Crippen molar-refractivity contribution in [3.05, 3.63) is 0 Å². The molecule has 0 radical (unpaired) electrons. The van der Waals surface area contributed by atoms with Crippen molar-refractivity contribution in [2.24, 2.45) is 5.92 Å². The highest BCUT2D eigenvalue weighted by Crippen LogP contribution is 2.02. The van der Waals surface area contributed by atoms with Crippen LogP contribution in [0.1, 0.15) is 95.4 Å². The van der Waals surface area contributed by atoms with Crippen LogP contribution in [0.25, 0.3) is 0 Å². The van der Waals surface area contributed by atoms with E-state index in [1.807, 2.05) is 90.3 Å². The van der Waals surface area contributed by atoms with Crippen LogP contribution in [0.5, 0.6) is 0 Å². The molecule has 29 heavy (non-hydrogen) atoms. The van der Waals surface area contributed by atoms with Gasteiger partial charge in [-0.15, -0.1) is 0 Å². The first-order valence-electron chi connectivity index (χ1n) is 11.6. The molecule has 182 valence electrons. The number of esters is 2. The number of carbonyl (C=O) groups excluding carboxylic acids is 2. The SMILES string of the molecule is CC.CC.CC.CC.CCC(C)C(=O)OCCNC.CCCC(=O)OCCNC. The summed E-state index contributed by atoms with van der Waals surface area (Å²) in [7, 11) is 3.66. The fraction of sp³-hybridized carbons (Fsp3) is 0.913. The van der Waals surface area contributed by atoms with E-state index < -0.39 is 0 Å². The van der Waals surface area contributed by atoms with Gasteiger partial charge in [-0.1, -0.05) is 76.2 Å². The number of ether oxygens (including phenoxy) is 2. The van der Waals surface area contributed by atoms with Crippen LogP contribution in [-0.4, -0.2) is 52.3 Å². The molecule has 0 amide bonds. The third-order valence-electron chi connectivity index (χ3n) is 2.68. The minimum absolute atomic E-state index is 0.0341. The minimum atomic E-state index is -0.0993. The summed E-state index contributed by atoms with van der Waals surface area (Å²) in [5, 5.41) is 5.79. The second-order valence-electron chi connectivity index (χ2n) is 4.65. The van der Waals surface area contributed by atoms with Crippen molar-refractivity contribution >= 4 is 11.9 Å². The van der Waals surface area contributed by atoms with Crippen LogP contribution in [0, 0.1) is 5.92 Å². The lowest BCUT2D eigenvalue weighted by atomic mass is 10.1. The quantitative estimate of drug-likeness (QED) is 0.359. The molecule has 1 atom stereocenters. The van der Waals surface area contributed by atoms with Gasteiger partial charge >= 0.3 is 11.9 Å². The van der Waals surface area contributed by atoms with Gasteiger partial charge in [0.05, 0.1) is 5.92 Å². The Morgan fingerprint density at radius 3 is 1.45 bits per heavy atom. The first-order valence-corrected chi connectivity index (χ1v) is 11.6. The zero-order valence-corrected chi connectivity index (χ0v) is 22.2. The van der Waals surface area contributed by atoms with Gasteiger partial charge in [0, 0.05) is 19.5 Å². The van der Waals surface area contributed by atoms with E-state index in [-0.39, 0.29) is 17.9 Å². The Morgan fingerprint density at radius 2 is 1.14 bits per heavy atom. The van der Waals surface area contributed by atoms with Gasteiger partial charge in [-0.2, -0.15) is 0 Å². The minimum Gasteiger partial charge on any atom is -0.464 e. The highest BCUT2D eigenvalue weighted by Gasteiger charge is 2.10. The van der Waals surface area contributed by atoms with Crippen molar-refractivity contribution in [2.75, 3.05) is 40.4 Å². The molecule has 0 bridgehead atoms. The van der Waals surface area contributed by atoms with Gasteiger partial charge in [-0.25, -0.2) is 0 Å². The Balaban J connectivity index is -0.0000000677. The molecule has 6 heteroatoms. The molecule has 1 unspecified atom stereocenters. The molecule has 0 spiro atoms. The summed E-state index contributed by atoms with van der Waals surface area (Å²) in [5.41, 5.74) is 0. The number of hydrogen-bond donors (Lipinski definition) is 2. The van der Waals surface area contributed by atoms with Gasteiger partial charge in [0.1, 0.15) is 13.2 Å². The predicted molar refractivity (Wildman–Crippen MR) is 130 cm³/mol. The monoisotopic (exact) mass is 424 g/mol. The first kappa shape index (κ1) is 42.1. The van der Waals surface area contributed by atoms with E-state index in [1.165, 1.54) is 0 Å². The lowest BCUT2D eigenvalue weighted by Gasteiger charge is -2.08. The molecule has 2 N–H and O–H groups in total. The Morgan fingerprint density at radius 1 is 0.759 bits per heavy atom. The van der Waals surface area contributed by atoms with Crippen LogP contribution in [-0.2, 0) is 19.1 Å². The van der Waals surface area contributed by atoms with Crippen LogP contribution in [0.15, 0.2) is 0 Å². The molecule has 0 aromatic rings. The molecule has 0 aromatic heterocycles. The van der Waals surface area contributed by atoms with Crippen molar-refractivity contribution in [3.8, 4) is 0 Å². The summed E-state index contributed by atoms with van der Waals surface area (Å²) in [5.74, 6) is -0.160. The van der Waals surface area contributed by atoms with Gasteiger partial charge in [0.2, 0.25) is 0 Å². The lowest BCUT2D eigenvalue weighted by molar-refractivity contribution is -0.148. The maximum Gasteiger partial charge on any atom is 0.308 e. The van der Waals surface area contributed by atoms with Gasteiger partial charge in [0.25, 0.3) is 0 Å². The Kier molecular flexibility index (Phi) is 73.2. The summed E-state index contributed by atoms with van der Waals surface area (Å²) in [6.45, 7) is 24.2. The highest BCUT2D eigenvalue weighted by molar-refractivity contribution is 5.71. The van der Waals surface area contributed by atoms with Crippen LogP contribution in [0.3, 0.4) is 0 Å². The van der Waals surface area contributed by atoms with E-state index in [9.17, 15) is 9.59 Å². The third-order valence-corrected chi connectivity index (χ3v) is 2.68. The molecule has 0 fully saturated rings. The number of carbonyl (C=O) groups is 2. The molecule has 0 saturated heterocycles. The van der Waals surface area contributed by atoms with Crippen LogP contribution < -0.4 is 10.6 Å². The molecule has 0 heterocycles. The van der Waals surface area contributed by atoms with Crippen molar-refractivity contribution < 1.29 is 19.1 Å². The van der Waals surface area contributed by atoms with Crippen molar-refractivity contribution in [3.63, 3.8) is 0 Å². The summed E-state index contributed by atoms with van der Waals surface area (Å²) in [4.78, 5) is 21.7. The Labute approximate surface area is 183 Å². The van der Waals surface area contributed by atoms with Crippen LogP contribution in [0.4, 0.5) is 0 Å². The molecular formula is C23H56N2O4. The van der Waals surface area contributed by atoms with E-state index in [0.29, 0.717) is 19.6 Å². The third kappa shape index (κ3) is 52.0. The van der Waals surface area contributed by atoms with Crippen LogP contribution >= 0.6 is 0 Å². The molecule has 6 nitrogen and oxygen atoms in total. The summed E-state index contributed by atoms with van der Waals surface area (Å²) >= 11 is 0. The van der Waals surface area contributed by atoms with E-state index in [4.69, 9.17) is 9.47 Å². The number of likely N-dealkylation sites (N-methyl/N-ethyl adjacent to an activating group) is 2. The number of hydrogen-bond acceptors (Lipinski definition) is 6. The van der Waals surface area contributed by atoms with Gasteiger partial charge in [0.15, 0.2) is 0 Å². The van der Waals surface area contributed by atoms with E-state index >= 15 is 0 Å². The zero-order valence-electron chi connectivity index (χ0n) is 22.2. The molecule has 0 aliphatic carbocycles. The fourth-order valence-electron chi connectivity index (χ4n) is 1.11. The first-order chi connectivity index (χ1) is 14.0. The van der Waals surface area contributed by atoms with Crippen LogP contribution in [0.2, 0.25) is 0 Å². The molecule has 0 rings (SSSR count). The summed E-state index contributed by atoms with van der Waals surface area (Å²) in [6, 6.07) is 0.